The third kappa shape index (κ3) is 3.40. The molecule has 0 bridgehead atoms. The average Bonchev–Trinajstić information content (AvgIpc) is 3.12. The minimum absolute atomic E-state index is 0.0207. The predicted molar refractivity (Wildman–Crippen MR) is 86.8 cm³/mol. The number of carbonyl (C=O) groups excluding carboxylic acids is 1. The van der Waals surface area contributed by atoms with Gasteiger partial charge in [-0.3, -0.25) is 4.79 Å². The molecule has 21 heavy (non-hydrogen) atoms. The van der Waals surface area contributed by atoms with Crippen LogP contribution in [0.4, 0.5) is 10.7 Å². The van der Waals surface area contributed by atoms with Gasteiger partial charge in [-0.05, 0) is 25.7 Å². The number of hydrogen-bond donors (Lipinski definition) is 2. The van der Waals surface area contributed by atoms with Crippen molar-refractivity contribution < 1.29 is 13.2 Å². The van der Waals surface area contributed by atoms with Gasteiger partial charge >= 0.3 is 0 Å². The first kappa shape index (κ1) is 16.3. The molecule has 0 spiro atoms. The van der Waals surface area contributed by atoms with Gasteiger partial charge in [0.05, 0.1) is 10.6 Å². The smallest absolute Gasteiger partial charge is 0.180 e. The molecule has 0 saturated heterocycles. The first-order valence-corrected chi connectivity index (χ1v) is 9.76. The summed E-state index contributed by atoms with van der Waals surface area (Å²) in [6.45, 7) is 6.07. The second-order valence-corrected chi connectivity index (χ2v) is 9.06. The largest absolute Gasteiger partial charge is 0.396 e. The lowest BCUT2D eigenvalue weighted by Crippen LogP contribution is -2.21. The molecular formula is C14H22N2O3S2. The van der Waals surface area contributed by atoms with Gasteiger partial charge in [0.1, 0.15) is 9.90 Å². The molecule has 5 nitrogen and oxygen atoms in total. The standard InChI is InChI=1S/C14H22N2O3S2/c1-7(2)8(3)16-14-13(21(4,18)19)10(15)12(20-14)11(17)9-5-6-9/h7-9,16H,5-6,15H2,1-4H3. The van der Waals surface area contributed by atoms with Gasteiger partial charge < -0.3 is 11.1 Å². The number of nitrogens with two attached hydrogens (primary N) is 1. The number of Topliss-reactive ketones (excluding diaryl/α,β-unsaturated/α-hetero) is 1. The van der Waals surface area contributed by atoms with Crippen LogP contribution in [0, 0.1) is 11.8 Å². The minimum atomic E-state index is -3.48. The summed E-state index contributed by atoms with van der Waals surface area (Å²) < 4.78 is 24.0. The van der Waals surface area contributed by atoms with Crippen molar-refractivity contribution in [1.82, 2.24) is 0 Å². The molecule has 118 valence electrons. The molecule has 1 aliphatic carbocycles. The molecular weight excluding hydrogens is 308 g/mol. The summed E-state index contributed by atoms with van der Waals surface area (Å²) in [7, 11) is -3.48. The fraction of sp³-hybridized carbons (Fsp3) is 0.643. The number of nitrogen functional groups attached to an aromatic ring is 1. The summed E-state index contributed by atoms with van der Waals surface area (Å²) in [5.74, 6) is 0.338. The van der Waals surface area contributed by atoms with Crippen molar-refractivity contribution in [1.29, 1.82) is 0 Å². The summed E-state index contributed by atoms with van der Waals surface area (Å²) in [4.78, 5) is 12.7. The zero-order valence-corrected chi connectivity index (χ0v) is 14.4. The topological polar surface area (TPSA) is 89.3 Å². The highest BCUT2D eigenvalue weighted by molar-refractivity contribution is 7.91. The van der Waals surface area contributed by atoms with Crippen LogP contribution < -0.4 is 11.1 Å². The normalized spacial score (nSPS) is 17.0. The fourth-order valence-electron chi connectivity index (χ4n) is 1.98. The summed E-state index contributed by atoms with van der Waals surface area (Å²) in [5.41, 5.74) is 6.09. The van der Waals surface area contributed by atoms with Crippen LogP contribution in [-0.4, -0.2) is 26.5 Å². The highest BCUT2D eigenvalue weighted by atomic mass is 32.2. The Kier molecular flexibility index (Phi) is 4.35. The van der Waals surface area contributed by atoms with Crippen molar-refractivity contribution in [3.05, 3.63) is 4.88 Å². The molecule has 1 atom stereocenters. The lowest BCUT2D eigenvalue weighted by Gasteiger charge is -2.18. The first-order valence-electron chi connectivity index (χ1n) is 7.06. The van der Waals surface area contributed by atoms with E-state index in [1.807, 2.05) is 20.8 Å². The molecule has 0 amide bonds. The van der Waals surface area contributed by atoms with Gasteiger partial charge in [0, 0.05) is 18.2 Å². The Morgan fingerprint density at radius 3 is 2.33 bits per heavy atom. The van der Waals surface area contributed by atoms with Crippen LogP contribution in [0.15, 0.2) is 4.90 Å². The van der Waals surface area contributed by atoms with Crippen LogP contribution in [0.2, 0.25) is 0 Å². The van der Waals surface area contributed by atoms with E-state index in [-0.39, 0.29) is 28.3 Å². The number of carbonyl (C=O) groups is 1. The molecule has 1 fully saturated rings. The van der Waals surface area contributed by atoms with Gasteiger partial charge in [-0.2, -0.15) is 0 Å². The molecule has 1 aliphatic rings. The first-order chi connectivity index (χ1) is 9.62. The van der Waals surface area contributed by atoms with Crippen LogP contribution in [0.1, 0.15) is 43.3 Å². The molecule has 1 unspecified atom stereocenters. The zero-order chi connectivity index (χ0) is 15.9. The molecule has 1 heterocycles. The second kappa shape index (κ2) is 5.61. The molecule has 0 aromatic carbocycles. The predicted octanol–water partition coefficient (Wildman–Crippen LogP) is 2.78. The van der Waals surface area contributed by atoms with Crippen LogP contribution in [0.3, 0.4) is 0 Å². The molecule has 3 N–H and O–H groups in total. The Morgan fingerprint density at radius 1 is 1.33 bits per heavy atom. The maximum Gasteiger partial charge on any atom is 0.180 e. The van der Waals surface area contributed by atoms with Gasteiger partial charge in [-0.1, -0.05) is 13.8 Å². The lowest BCUT2D eigenvalue weighted by atomic mass is 10.1. The quantitative estimate of drug-likeness (QED) is 0.783. The molecule has 7 heteroatoms. The van der Waals surface area contributed by atoms with Gasteiger partial charge in [0.25, 0.3) is 0 Å². The van der Waals surface area contributed by atoms with E-state index in [2.05, 4.69) is 5.32 Å². The van der Waals surface area contributed by atoms with Gasteiger partial charge in [0.2, 0.25) is 0 Å². The monoisotopic (exact) mass is 330 g/mol. The highest BCUT2D eigenvalue weighted by Crippen LogP contribution is 2.44. The Balaban J connectivity index is 2.47. The Hall–Kier alpha value is -1.08. The van der Waals surface area contributed by atoms with Crippen molar-refractivity contribution in [3.8, 4) is 0 Å². The third-order valence-electron chi connectivity index (χ3n) is 3.80. The van der Waals surface area contributed by atoms with Crippen molar-refractivity contribution >= 4 is 37.6 Å². The number of sulfone groups is 1. The SMILES string of the molecule is CC(C)C(C)Nc1sc(C(=O)C2CC2)c(N)c1S(C)(=O)=O. The Morgan fingerprint density at radius 2 is 1.90 bits per heavy atom. The van der Waals surface area contributed by atoms with Crippen molar-refractivity contribution in [2.75, 3.05) is 17.3 Å². The van der Waals surface area contributed by atoms with E-state index in [9.17, 15) is 13.2 Å². The average molecular weight is 330 g/mol. The summed E-state index contributed by atoms with van der Waals surface area (Å²) in [5, 5.41) is 3.69. The van der Waals surface area contributed by atoms with Gasteiger partial charge in [-0.25, -0.2) is 8.42 Å². The minimum Gasteiger partial charge on any atom is -0.396 e. The molecule has 2 rings (SSSR count). The fourth-order valence-corrected chi connectivity index (χ4v) is 4.65. The maximum atomic E-state index is 12.2. The molecule has 1 saturated carbocycles. The molecule has 1 aromatic rings. The Labute approximate surface area is 129 Å². The van der Waals surface area contributed by atoms with Crippen LogP contribution in [0.25, 0.3) is 0 Å². The van der Waals surface area contributed by atoms with E-state index >= 15 is 0 Å². The summed E-state index contributed by atoms with van der Waals surface area (Å²) >= 11 is 1.17. The molecule has 0 aliphatic heterocycles. The highest BCUT2D eigenvalue weighted by Gasteiger charge is 2.35. The van der Waals surface area contributed by atoms with E-state index in [0.29, 0.717) is 15.8 Å². The van der Waals surface area contributed by atoms with Gasteiger partial charge in [-0.15, -0.1) is 11.3 Å². The molecule has 0 radical (unpaired) electrons. The van der Waals surface area contributed by atoms with E-state index < -0.39 is 9.84 Å². The van der Waals surface area contributed by atoms with Crippen LogP contribution in [0.5, 0.6) is 0 Å². The summed E-state index contributed by atoms with van der Waals surface area (Å²) in [6.07, 6.45) is 2.87. The van der Waals surface area contributed by atoms with E-state index in [0.717, 1.165) is 19.1 Å². The van der Waals surface area contributed by atoms with Crippen molar-refractivity contribution in [2.24, 2.45) is 11.8 Å². The van der Waals surface area contributed by atoms with E-state index in [4.69, 9.17) is 5.73 Å². The van der Waals surface area contributed by atoms with Crippen LogP contribution in [-0.2, 0) is 9.84 Å². The van der Waals surface area contributed by atoms with Crippen molar-refractivity contribution in [3.63, 3.8) is 0 Å². The van der Waals surface area contributed by atoms with Gasteiger partial charge in [0.15, 0.2) is 15.6 Å². The van der Waals surface area contributed by atoms with E-state index in [1.54, 1.807) is 0 Å². The number of ketones is 1. The number of hydrogen-bond acceptors (Lipinski definition) is 6. The van der Waals surface area contributed by atoms with Crippen LogP contribution >= 0.6 is 11.3 Å². The van der Waals surface area contributed by atoms with Crippen molar-refractivity contribution in [2.45, 2.75) is 44.6 Å². The molecule has 1 aromatic heterocycles. The number of nitrogens with one attached hydrogen (secondary N) is 1. The summed E-state index contributed by atoms with van der Waals surface area (Å²) in [6, 6.07) is 0.0902. The number of thiophene rings is 1. The second-order valence-electron chi connectivity index (χ2n) is 6.09. The zero-order valence-electron chi connectivity index (χ0n) is 12.8. The lowest BCUT2D eigenvalue weighted by molar-refractivity contribution is 0.0972. The maximum absolute atomic E-state index is 12.2. The number of rotatable bonds is 6. The third-order valence-corrected chi connectivity index (χ3v) is 6.25. The van der Waals surface area contributed by atoms with E-state index in [1.165, 1.54) is 11.3 Å². The Bertz CT molecular complexity index is 658. The number of anilines is 2.